The van der Waals surface area contributed by atoms with Crippen LogP contribution in [0.4, 0.5) is 0 Å². The van der Waals surface area contributed by atoms with Gasteiger partial charge >= 0.3 is 0 Å². The highest BCUT2D eigenvalue weighted by Gasteiger charge is 2.27. The minimum atomic E-state index is -3.53. The second-order valence-electron chi connectivity index (χ2n) is 4.69. The molecule has 1 heterocycles. The third-order valence-electron chi connectivity index (χ3n) is 3.10. The van der Waals surface area contributed by atoms with Crippen molar-refractivity contribution in [3.63, 3.8) is 0 Å². The van der Waals surface area contributed by atoms with Crippen molar-refractivity contribution >= 4 is 48.9 Å². The predicted molar refractivity (Wildman–Crippen MR) is 91.4 cm³/mol. The summed E-state index contributed by atoms with van der Waals surface area (Å²) >= 11 is 10.6. The highest BCUT2D eigenvalue weighted by Crippen LogP contribution is 2.30. The van der Waals surface area contributed by atoms with Crippen LogP contribution >= 0.6 is 38.9 Å². The molecular formula is C14H15BrClNO2S2. The van der Waals surface area contributed by atoms with Gasteiger partial charge in [0.15, 0.2) is 0 Å². The number of rotatable bonds is 5. The van der Waals surface area contributed by atoms with E-state index in [1.807, 2.05) is 29.6 Å². The van der Waals surface area contributed by atoms with Gasteiger partial charge in [-0.1, -0.05) is 28.1 Å². The van der Waals surface area contributed by atoms with Gasteiger partial charge in [0, 0.05) is 22.9 Å². The van der Waals surface area contributed by atoms with Crippen LogP contribution < -0.4 is 0 Å². The van der Waals surface area contributed by atoms with Crippen LogP contribution in [0.3, 0.4) is 0 Å². The molecule has 2 rings (SSSR count). The summed E-state index contributed by atoms with van der Waals surface area (Å²) < 4.78 is 27.8. The molecule has 0 bridgehead atoms. The Hall–Kier alpha value is -0.400. The van der Waals surface area contributed by atoms with Crippen LogP contribution in [0.25, 0.3) is 0 Å². The van der Waals surface area contributed by atoms with Crippen molar-refractivity contribution in [3.05, 3.63) is 50.1 Å². The lowest BCUT2D eigenvalue weighted by Crippen LogP contribution is -2.27. The topological polar surface area (TPSA) is 37.4 Å². The number of aryl methyl sites for hydroxylation is 1. The second kappa shape index (κ2) is 6.79. The molecule has 0 radical (unpaired) electrons. The van der Waals surface area contributed by atoms with Gasteiger partial charge in [0.05, 0.1) is 5.88 Å². The average Bonchev–Trinajstić information content (AvgIpc) is 2.83. The van der Waals surface area contributed by atoms with Crippen molar-refractivity contribution < 1.29 is 8.42 Å². The van der Waals surface area contributed by atoms with Gasteiger partial charge in [-0.2, -0.15) is 4.31 Å². The maximum atomic E-state index is 12.7. The standard InChI is InChI=1S/C14H15BrClNO2S2/c1-10-9-20-13(7-16)14(10)21(18,19)17(2)8-11-3-5-12(15)6-4-11/h3-6,9H,7-8H2,1-2H3. The Morgan fingerprint density at radius 3 is 2.48 bits per heavy atom. The van der Waals surface area contributed by atoms with Crippen LogP contribution in [-0.2, 0) is 22.4 Å². The molecule has 21 heavy (non-hydrogen) atoms. The van der Waals surface area contributed by atoms with Crippen molar-refractivity contribution in [3.8, 4) is 0 Å². The average molecular weight is 409 g/mol. The van der Waals surface area contributed by atoms with Crippen molar-refractivity contribution in [1.29, 1.82) is 0 Å². The molecule has 0 unspecified atom stereocenters. The first-order chi connectivity index (χ1) is 9.86. The Morgan fingerprint density at radius 2 is 1.90 bits per heavy atom. The molecule has 0 fully saturated rings. The quantitative estimate of drug-likeness (QED) is 0.689. The van der Waals surface area contributed by atoms with E-state index in [2.05, 4.69) is 15.9 Å². The fourth-order valence-electron chi connectivity index (χ4n) is 2.01. The van der Waals surface area contributed by atoms with Gasteiger partial charge in [0.1, 0.15) is 4.90 Å². The van der Waals surface area contributed by atoms with E-state index in [0.717, 1.165) is 15.6 Å². The summed E-state index contributed by atoms with van der Waals surface area (Å²) in [7, 11) is -1.94. The molecule has 0 spiro atoms. The molecule has 0 saturated heterocycles. The van der Waals surface area contributed by atoms with Crippen LogP contribution in [0.1, 0.15) is 16.0 Å². The fraction of sp³-hybridized carbons (Fsp3) is 0.286. The zero-order valence-corrected chi connectivity index (χ0v) is 15.6. The number of nitrogens with zero attached hydrogens (tertiary/aromatic N) is 1. The Morgan fingerprint density at radius 1 is 1.29 bits per heavy atom. The minimum Gasteiger partial charge on any atom is -0.207 e. The van der Waals surface area contributed by atoms with Gasteiger partial charge in [-0.05, 0) is 35.6 Å². The third-order valence-corrected chi connectivity index (χ3v) is 7.32. The van der Waals surface area contributed by atoms with E-state index >= 15 is 0 Å². The Bertz CT molecular complexity index is 726. The van der Waals surface area contributed by atoms with Crippen molar-refractivity contribution in [2.75, 3.05) is 7.05 Å². The summed E-state index contributed by atoms with van der Waals surface area (Å²) in [5.41, 5.74) is 1.68. The van der Waals surface area contributed by atoms with Gasteiger partial charge in [0.25, 0.3) is 0 Å². The van der Waals surface area contributed by atoms with Crippen molar-refractivity contribution in [2.24, 2.45) is 0 Å². The van der Waals surface area contributed by atoms with Crippen LogP contribution in [0, 0.1) is 6.92 Å². The van der Waals surface area contributed by atoms with E-state index in [0.29, 0.717) is 16.3 Å². The number of alkyl halides is 1. The van der Waals surface area contributed by atoms with Gasteiger partial charge < -0.3 is 0 Å². The van der Waals surface area contributed by atoms with Crippen LogP contribution in [0.5, 0.6) is 0 Å². The van der Waals surface area contributed by atoms with E-state index in [-0.39, 0.29) is 5.88 Å². The maximum absolute atomic E-state index is 12.7. The number of thiophene rings is 1. The van der Waals surface area contributed by atoms with Crippen molar-refractivity contribution in [2.45, 2.75) is 24.2 Å². The molecule has 114 valence electrons. The van der Waals surface area contributed by atoms with Gasteiger partial charge in [-0.25, -0.2) is 8.42 Å². The normalized spacial score (nSPS) is 12.0. The maximum Gasteiger partial charge on any atom is 0.244 e. The van der Waals surface area contributed by atoms with Gasteiger partial charge in [-0.15, -0.1) is 22.9 Å². The summed E-state index contributed by atoms with van der Waals surface area (Å²) in [5.74, 6) is 0.208. The molecule has 0 atom stereocenters. The Labute approximate surface area is 142 Å². The molecular weight excluding hydrogens is 394 g/mol. The fourth-order valence-corrected chi connectivity index (χ4v) is 5.44. The smallest absolute Gasteiger partial charge is 0.207 e. The van der Waals surface area contributed by atoms with Crippen LogP contribution in [-0.4, -0.2) is 19.8 Å². The first-order valence-corrected chi connectivity index (χ1v) is 9.84. The molecule has 3 nitrogen and oxygen atoms in total. The summed E-state index contributed by atoms with van der Waals surface area (Å²) in [6, 6.07) is 7.60. The molecule has 2 aromatic rings. The number of hydrogen-bond acceptors (Lipinski definition) is 3. The lowest BCUT2D eigenvalue weighted by molar-refractivity contribution is 0.466. The van der Waals surface area contributed by atoms with Crippen LogP contribution in [0.15, 0.2) is 39.0 Å². The number of benzene rings is 1. The Kier molecular flexibility index (Phi) is 5.48. The van der Waals surface area contributed by atoms with Crippen LogP contribution in [0.2, 0.25) is 0 Å². The number of halogens is 2. The monoisotopic (exact) mass is 407 g/mol. The Balaban J connectivity index is 2.30. The highest BCUT2D eigenvalue weighted by molar-refractivity contribution is 9.10. The molecule has 7 heteroatoms. The summed E-state index contributed by atoms with van der Waals surface area (Å²) in [6.07, 6.45) is 0. The molecule has 0 aliphatic heterocycles. The minimum absolute atomic E-state index is 0.208. The highest BCUT2D eigenvalue weighted by atomic mass is 79.9. The molecule has 0 amide bonds. The first-order valence-electron chi connectivity index (χ1n) is 6.20. The zero-order chi connectivity index (χ0) is 15.6. The molecule has 0 aliphatic rings. The third kappa shape index (κ3) is 3.68. The lowest BCUT2D eigenvalue weighted by atomic mass is 10.2. The molecule has 0 N–H and O–H groups in total. The molecule has 0 saturated carbocycles. The van der Waals surface area contributed by atoms with Crippen molar-refractivity contribution in [1.82, 2.24) is 4.31 Å². The van der Waals surface area contributed by atoms with E-state index in [1.165, 1.54) is 15.6 Å². The van der Waals surface area contributed by atoms with E-state index in [4.69, 9.17) is 11.6 Å². The number of sulfonamides is 1. The SMILES string of the molecule is Cc1csc(CCl)c1S(=O)(=O)N(C)Cc1ccc(Br)cc1. The first kappa shape index (κ1) is 17.0. The number of hydrogen-bond donors (Lipinski definition) is 0. The lowest BCUT2D eigenvalue weighted by Gasteiger charge is -2.18. The van der Waals surface area contributed by atoms with E-state index in [9.17, 15) is 8.42 Å². The summed E-state index contributed by atoms with van der Waals surface area (Å²) in [5, 5.41) is 1.83. The molecule has 1 aromatic heterocycles. The van der Waals surface area contributed by atoms with E-state index in [1.54, 1.807) is 14.0 Å². The molecule has 1 aromatic carbocycles. The van der Waals surface area contributed by atoms with Gasteiger partial charge in [-0.3, -0.25) is 0 Å². The van der Waals surface area contributed by atoms with E-state index < -0.39 is 10.0 Å². The molecule has 0 aliphatic carbocycles. The second-order valence-corrected chi connectivity index (χ2v) is 8.82. The predicted octanol–water partition coefficient (Wildman–Crippen LogP) is 4.38. The van der Waals surface area contributed by atoms with Gasteiger partial charge in [0.2, 0.25) is 10.0 Å². The largest absolute Gasteiger partial charge is 0.244 e. The zero-order valence-electron chi connectivity index (χ0n) is 11.6. The summed E-state index contributed by atoms with van der Waals surface area (Å²) in [6.45, 7) is 2.12. The summed E-state index contributed by atoms with van der Waals surface area (Å²) in [4.78, 5) is 1.04.